The molecule has 2 N–H and O–H groups in total. The van der Waals surface area contributed by atoms with E-state index in [1.165, 1.54) is 0 Å². The van der Waals surface area contributed by atoms with E-state index in [-0.39, 0.29) is 20.3 Å². The van der Waals surface area contributed by atoms with Gasteiger partial charge in [-0.05, 0) is 46.2 Å². The maximum absolute atomic E-state index is 10.6. The molecule has 1 aliphatic heterocycles. The predicted molar refractivity (Wildman–Crippen MR) is 107 cm³/mol. The van der Waals surface area contributed by atoms with Gasteiger partial charge in [0.15, 0.2) is 0 Å². The highest BCUT2D eigenvalue weighted by atomic mass is 31.1. The molecule has 1 atom stereocenters. The van der Waals surface area contributed by atoms with Crippen LogP contribution in [-0.2, 0) is 0 Å². The van der Waals surface area contributed by atoms with E-state index >= 15 is 0 Å². The molecule has 0 amide bonds. The molecule has 0 bridgehead atoms. The molecule has 0 saturated carbocycles. The Kier molecular flexibility index (Phi) is 3.37. The van der Waals surface area contributed by atoms with Gasteiger partial charge in [0.25, 0.3) is 0 Å². The number of hydrogen-bond donors (Lipinski definition) is 2. The van der Waals surface area contributed by atoms with Crippen LogP contribution in [0, 0.1) is 0 Å². The maximum atomic E-state index is 10.6. The molecule has 0 aromatic heterocycles. The van der Waals surface area contributed by atoms with E-state index < -0.39 is 0 Å². The minimum atomic E-state index is 0.155. The average Bonchev–Trinajstić information content (AvgIpc) is 2.67. The summed E-state index contributed by atoms with van der Waals surface area (Å²) in [6, 6.07) is 22.9. The van der Waals surface area contributed by atoms with Gasteiger partial charge in [-0.25, -0.2) is 0 Å². The van der Waals surface area contributed by atoms with Crippen LogP contribution < -0.4 is 9.83 Å². The van der Waals surface area contributed by atoms with Crippen molar-refractivity contribution in [2.45, 2.75) is 0 Å². The van der Waals surface area contributed by atoms with Crippen LogP contribution in [0.25, 0.3) is 33.0 Å². The Bertz CT molecular complexity index is 1160. The molecule has 0 fully saturated rings. The van der Waals surface area contributed by atoms with Crippen molar-refractivity contribution in [1.82, 2.24) is 0 Å². The van der Waals surface area contributed by atoms with Gasteiger partial charge < -0.3 is 14.7 Å². The van der Waals surface area contributed by atoms with Crippen LogP contribution in [0.3, 0.4) is 0 Å². The molecule has 4 aromatic rings. The Balaban J connectivity index is 1.84. The summed E-state index contributed by atoms with van der Waals surface area (Å²) in [5.41, 5.74) is 3.85. The van der Waals surface area contributed by atoms with Gasteiger partial charge in [-0.15, -0.1) is 0 Å². The van der Waals surface area contributed by atoms with E-state index in [1.54, 1.807) is 18.2 Å². The predicted octanol–water partition coefficient (Wildman–Crippen LogP) is 5.20. The minimum Gasteiger partial charge on any atom is -0.508 e. The second kappa shape index (κ2) is 5.76. The average molecular weight is 358 g/mol. The molecular weight excluding hydrogens is 343 g/mol. The van der Waals surface area contributed by atoms with Crippen molar-refractivity contribution in [2.24, 2.45) is 0 Å². The summed E-state index contributed by atoms with van der Waals surface area (Å²) in [7, 11) is 0.155. The van der Waals surface area contributed by atoms with E-state index in [1.807, 2.05) is 42.5 Å². The molecule has 0 saturated heterocycles. The Morgan fingerprint density at radius 3 is 2.42 bits per heavy atom. The van der Waals surface area contributed by atoms with Crippen LogP contribution in [0.4, 0.5) is 0 Å². The van der Waals surface area contributed by atoms with E-state index in [2.05, 4.69) is 12.1 Å². The summed E-state index contributed by atoms with van der Waals surface area (Å²) in [5.74, 6) is 1.26. The molecule has 0 spiro atoms. The molecule has 4 heteroatoms. The third-order valence-electron chi connectivity index (χ3n) is 4.76. The van der Waals surface area contributed by atoms with Crippen molar-refractivity contribution in [3.63, 3.8) is 0 Å². The molecule has 3 nitrogen and oxygen atoms in total. The van der Waals surface area contributed by atoms with E-state index in [9.17, 15) is 10.2 Å². The highest BCUT2D eigenvalue weighted by molar-refractivity contribution is 7.43. The summed E-state index contributed by atoms with van der Waals surface area (Å²) in [6.45, 7) is 0. The van der Waals surface area contributed by atoms with Gasteiger partial charge in [-0.1, -0.05) is 48.5 Å². The first-order valence-corrected chi connectivity index (χ1v) is 9.23. The number of benzene rings is 4. The number of phenols is 2. The first-order valence-electron chi connectivity index (χ1n) is 8.33. The Labute approximate surface area is 152 Å². The highest BCUT2D eigenvalue weighted by Crippen LogP contribution is 2.45. The summed E-state index contributed by atoms with van der Waals surface area (Å²) in [6.07, 6.45) is 0. The van der Waals surface area contributed by atoms with Gasteiger partial charge >= 0.3 is 0 Å². The summed E-state index contributed by atoms with van der Waals surface area (Å²) < 4.78 is 5.98. The second-order valence-electron chi connectivity index (χ2n) is 6.29. The number of fused-ring (bicyclic) bond motifs is 4. The van der Waals surface area contributed by atoms with Crippen molar-refractivity contribution in [1.29, 1.82) is 0 Å². The van der Waals surface area contributed by atoms with Crippen LogP contribution in [0.15, 0.2) is 72.8 Å². The fourth-order valence-corrected chi connectivity index (χ4v) is 4.59. The van der Waals surface area contributed by atoms with Crippen LogP contribution >= 0.6 is 8.81 Å². The molecule has 4 aromatic carbocycles. The lowest BCUT2D eigenvalue weighted by atomic mass is 9.93. The van der Waals surface area contributed by atoms with Crippen molar-refractivity contribution in [3.05, 3.63) is 72.8 Å². The van der Waals surface area contributed by atoms with E-state index in [0.29, 0.717) is 0 Å². The van der Waals surface area contributed by atoms with E-state index in [4.69, 9.17) is 4.52 Å². The van der Waals surface area contributed by atoms with Crippen molar-refractivity contribution in [3.8, 4) is 39.5 Å². The van der Waals surface area contributed by atoms with Crippen LogP contribution in [-0.4, -0.2) is 10.2 Å². The number of aromatic hydroxyl groups is 2. The Hall–Kier alpha value is -3.03. The fraction of sp³-hybridized carbons (Fsp3) is 0. The standard InChI is InChI=1S/C22H15O3P/c23-14-10-8-13-9-11-19(24)21(18(13)12-14)17-6-3-5-16-15-4-1-2-7-20(15)25-26-22(16)17/h1-12,23-24,26H. The van der Waals surface area contributed by atoms with Gasteiger partial charge in [0, 0.05) is 16.4 Å². The third kappa shape index (κ3) is 2.25. The van der Waals surface area contributed by atoms with Crippen molar-refractivity contribution < 1.29 is 14.7 Å². The Morgan fingerprint density at radius 1 is 0.731 bits per heavy atom. The van der Waals surface area contributed by atoms with Gasteiger partial charge in [0.05, 0.1) is 0 Å². The first-order chi connectivity index (χ1) is 12.7. The van der Waals surface area contributed by atoms with Crippen LogP contribution in [0.5, 0.6) is 17.2 Å². The monoisotopic (exact) mass is 358 g/mol. The lowest BCUT2D eigenvalue weighted by Crippen LogP contribution is -2.11. The van der Waals surface area contributed by atoms with Gasteiger partial charge in [0.1, 0.15) is 26.1 Å². The lowest BCUT2D eigenvalue weighted by molar-refractivity contribution is 0.475. The summed E-state index contributed by atoms with van der Waals surface area (Å²) in [5, 5.41) is 23.4. The topological polar surface area (TPSA) is 49.7 Å². The van der Waals surface area contributed by atoms with Crippen molar-refractivity contribution >= 4 is 24.9 Å². The fourth-order valence-electron chi connectivity index (χ4n) is 3.56. The Morgan fingerprint density at radius 2 is 1.50 bits per heavy atom. The van der Waals surface area contributed by atoms with Gasteiger partial charge in [-0.3, -0.25) is 0 Å². The number of hydrogen-bond acceptors (Lipinski definition) is 3. The van der Waals surface area contributed by atoms with Crippen LogP contribution in [0.1, 0.15) is 0 Å². The summed E-state index contributed by atoms with van der Waals surface area (Å²) >= 11 is 0. The SMILES string of the molecule is Oc1ccc2ccc(O)c(-c3cccc4c3POc3ccccc3-4)c2c1. The maximum Gasteiger partial charge on any atom is 0.131 e. The van der Waals surface area contributed by atoms with Gasteiger partial charge in [0.2, 0.25) is 0 Å². The number of rotatable bonds is 1. The number of phenolic OH excluding ortho intramolecular Hbond substituents is 2. The second-order valence-corrected chi connectivity index (χ2v) is 7.20. The molecular formula is C22H15O3P. The smallest absolute Gasteiger partial charge is 0.131 e. The van der Waals surface area contributed by atoms with Gasteiger partial charge in [-0.2, -0.15) is 0 Å². The molecule has 26 heavy (non-hydrogen) atoms. The normalized spacial score (nSPS) is 13.2. The zero-order valence-electron chi connectivity index (χ0n) is 13.7. The van der Waals surface area contributed by atoms with Crippen molar-refractivity contribution in [2.75, 3.05) is 0 Å². The number of para-hydroxylation sites is 1. The quantitative estimate of drug-likeness (QED) is 0.460. The molecule has 1 unspecified atom stereocenters. The molecule has 0 radical (unpaired) electrons. The minimum absolute atomic E-state index is 0.155. The molecule has 126 valence electrons. The van der Waals surface area contributed by atoms with Crippen LogP contribution in [0.2, 0.25) is 0 Å². The highest BCUT2D eigenvalue weighted by Gasteiger charge is 2.22. The zero-order chi connectivity index (χ0) is 17.7. The summed E-state index contributed by atoms with van der Waals surface area (Å²) in [4.78, 5) is 0. The molecule has 5 rings (SSSR count). The molecule has 0 aliphatic carbocycles. The molecule has 1 heterocycles. The van der Waals surface area contributed by atoms with E-state index in [0.717, 1.165) is 44.1 Å². The molecule has 1 aliphatic rings. The largest absolute Gasteiger partial charge is 0.508 e. The zero-order valence-corrected chi connectivity index (χ0v) is 14.7. The lowest BCUT2D eigenvalue weighted by Gasteiger charge is -2.23. The first kappa shape index (κ1) is 15.2. The third-order valence-corrected chi connectivity index (χ3v) is 5.82.